The molecule has 0 amide bonds. The van der Waals surface area contributed by atoms with E-state index in [1.165, 1.54) is 0 Å². The van der Waals surface area contributed by atoms with E-state index in [2.05, 4.69) is 20.1 Å². The van der Waals surface area contributed by atoms with Crippen LogP contribution >= 0.6 is 0 Å². The highest BCUT2D eigenvalue weighted by atomic mass is 16.5. The molecule has 0 aromatic carbocycles. The number of pyridine rings is 1. The predicted octanol–water partition coefficient (Wildman–Crippen LogP) is 1.47. The Morgan fingerprint density at radius 1 is 1.30 bits per heavy atom. The monoisotopic (exact) mass is 310 g/mol. The maximum Gasteiger partial charge on any atom is 0.170 e. The van der Waals surface area contributed by atoms with Crippen molar-refractivity contribution in [1.29, 1.82) is 5.26 Å². The maximum absolute atomic E-state index is 8.77. The van der Waals surface area contributed by atoms with E-state index in [4.69, 9.17) is 10.00 Å². The fourth-order valence-electron chi connectivity index (χ4n) is 2.58. The first-order valence-corrected chi connectivity index (χ1v) is 7.45. The summed E-state index contributed by atoms with van der Waals surface area (Å²) < 4.78 is 6.12. The van der Waals surface area contributed by atoms with Gasteiger partial charge < -0.3 is 14.5 Å². The minimum absolute atomic E-state index is 0.0790. The SMILES string of the molecule is CN(C)c1ncccc1O[C@H]1CCN(c2ccc(C#N)nn2)C1. The number of ether oxygens (including phenoxy) is 1. The van der Waals surface area contributed by atoms with Gasteiger partial charge in [0.05, 0.1) is 6.54 Å². The molecule has 1 saturated heterocycles. The molecule has 118 valence electrons. The average molecular weight is 310 g/mol. The fourth-order valence-corrected chi connectivity index (χ4v) is 2.58. The van der Waals surface area contributed by atoms with Gasteiger partial charge in [-0.25, -0.2) is 4.98 Å². The number of nitriles is 1. The van der Waals surface area contributed by atoms with Crippen LogP contribution in [-0.4, -0.2) is 48.5 Å². The summed E-state index contributed by atoms with van der Waals surface area (Å²) in [5.41, 5.74) is 0.326. The molecule has 0 aliphatic carbocycles. The lowest BCUT2D eigenvalue weighted by Crippen LogP contribution is -2.26. The standard InChI is InChI=1S/C16H18N6O/c1-21(2)16-14(4-3-8-18-16)23-13-7-9-22(11-13)15-6-5-12(10-17)19-20-15/h3-6,8,13H,7,9,11H2,1-2H3/t13-/m0/s1. The zero-order chi connectivity index (χ0) is 16.2. The minimum Gasteiger partial charge on any atom is -0.485 e. The molecule has 23 heavy (non-hydrogen) atoms. The van der Waals surface area contributed by atoms with Crippen LogP contribution in [0.25, 0.3) is 0 Å². The van der Waals surface area contributed by atoms with Gasteiger partial charge in [-0.05, 0) is 24.3 Å². The van der Waals surface area contributed by atoms with Crippen LogP contribution in [0, 0.1) is 11.3 Å². The zero-order valence-electron chi connectivity index (χ0n) is 13.2. The first kappa shape index (κ1) is 15.0. The first-order valence-electron chi connectivity index (χ1n) is 7.45. The Kier molecular flexibility index (Phi) is 4.24. The number of hydrogen-bond acceptors (Lipinski definition) is 7. The number of nitrogens with zero attached hydrogens (tertiary/aromatic N) is 6. The van der Waals surface area contributed by atoms with Crippen molar-refractivity contribution in [3.8, 4) is 11.8 Å². The lowest BCUT2D eigenvalue weighted by atomic mass is 10.3. The number of hydrogen-bond donors (Lipinski definition) is 0. The summed E-state index contributed by atoms with van der Waals surface area (Å²) in [7, 11) is 3.89. The highest BCUT2D eigenvalue weighted by Crippen LogP contribution is 2.27. The van der Waals surface area contributed by atoms with Crippen molar-refractivity contribution < 1.29 is 4.74 Å². The van der Waals surface area contributed by atoms with Gasteiger partial charge >= 0.3 is 0 Å². The quantitative estimate of drug-likeness (QED) is 0.846. The van der Waals surface area contributed by atoms with E-state index in [9.17, 15) is 0 Å². The van der Waals surface area contributed by atoms with Crippen LogP contribution in [0.1, 0.15) is 12.1 Å². The molecule has 1 aliphatic heterocycles. The second-order valence-corrected chi connectivity index (χ2v) is 5.58. The number of aromatic nitrogens is 3. The van der Waals surface area contributed by atoms with Crippen LogP contribution in [-0.2, 0) is 0 Å². The molecule has 0 N–H and O–H groups in total. The first-order chi connectivity index (χ1) is 11.2. The molecule has 3 rings (SSSR count). The van der Waals surface area contributed by atoms with Crippen LogP contribution in [0.5, 0.6) is 5.75 Å². The van der Waals surface area contributed by atoms with E-state index in [1.54, 1.807) is 12.3 Å². The molecule has 0 bridgehead atoms. The van der Waals surface area contributed by atoms with E-state index in [1.807, 2.05) is 43.3 Å². The second kappa shape index (κ2) is 6.48. The highest BCUT2D eigenvalue weighted by Gasteiger charge is 2.26. The molecule has 1 atom stereocenters. The Morgan fingerprint density at radius 2 is 2.17 bits per heavy atom. The van der Waals surface area contributed by atoms with Crippen LogP contribution in [0.4, 0.5) is 11.6 Å². The lowest BCUT2D eigenvalue weighted by Gasteiger charge is -2.20. The number of rotatable bonds is 4. The summed E-state index contributed by atoms with van der Waals surface area (Å²) in [5.74, 6) is 2.38. The number of anilines is 2. The van der Waals surface area contributed by atoms with E-state index >= 15 is 0 Å². The van der Waals surface area contributed by atoms with Crippen molar-refractivity contribution in [1.82, 2.24) is 15.2 Å². The summed E-state index contributed by atoms with van der Waals surface area (Å²) in [5, 5.41) is 16.7. The van der Waals surface area contributed by atoms with Gasteiger partial charge in [-0.15, -0.1) is 10.2 Å². The summed E-state index contributed by atoms with van der Waals surface area (Å²) in [4.78, 5) is 8.41. The van der Waals surface area contributed by atoms with E-state index in [0.717, 1.165) is 36.9 Å². The Morgan fingerprint density at radius 3 is 2.87 bits per heavy atom. The topological polar surface area (TPSA) is 78.2 Å². The van der Waals surface area contributed by atoms with Crippen molar-refractivity contribution in [2.75, 3.05) is 37.0 Å². The lowest BCUT2D eigenvalue weighted by molar-refractivity contribution is 0.225. The third-order valence-electron chi connectivity index (χ3n) is 3.70. The molecule has 7 heteroatoms. The van der Waals surface area contributed by atoms with Crippen LogP contribution in [0.3, 0.4) is 0 Å². The van der Waals surface area contributed by atoms with Crippen molar-refractivity contribution in [3.63, 3.8) is 0 Å². The molecule has 2 aromatic rings. The third-order valence-corrected chi connectivity index (χ3v) is 3.70. The molecule has 0 spiro atoms. The smallest absolute Gasteiger partial charge is 0.170 e. The van der Waals surface area contributed by atoms with Gasteiger partial charge in [0, 0.05) is 33.3 Å². The van der Waals surface area contributed by atoms with Gasteiger partial charge in [0.2, 0.25) is 0 Å². The van der Waals surface area contributed by atoms with Gasteiger partial charge in [0.1, 0.15) is 12.2 Å². The largest absolute Gasteiger partial charge is 0.485 e. The molecule has 7 nitrogen and oxygen atoms in total. The van der Waals surface area contributed by atoms with Gasteiger partial charge in [0.15, 0.2) is 23.1 Å². The summed E-state index contributed by atoms with van der Waals surface area (Å²) in [6.45, 7) is 1.59. The van der Waals surface area contributed by atoms with E-state index < -0.39 is 0 Å². The van der Waals surface area contributed by atoms with Crippen molar-refractivity contribution in [2.45, 2.75) is 12.5 Å². The highest BCUT2D eigenvalue weighted by molar-refractivity contribution is 5.51. The zero-order valence-corrected chi connectivity index (χ0v) is 13.2. The fraction of sp³-hybridized carbons (Fsp3) is 0.375. The van der Waals surface area contributed by atoms with Crippen LogP contribution in [0.15, 0.2) is 30.5 Å². The maximum atomic E-state index is 8.77. The molecule has 1 aliphatic rings. The van der Waals surface area contributed by atoms with Crippen molar-refractivity contribution in [2.24, 2.45) is 0 Å². The minimum atomic E-state index is 0.0790. The molecule has 1 fully saturated rings. The van der Waals surface area contributed by atoms with Crippen LogP contribution in [0.2, 0.25) is 0 Å². The second-order valence-electron chi connectivity index (χ2n) is 5.58. The van der Waals surface area contributed by atoms with E-state index in [-0.39, 0.29) is 6.10 Å². The van der Waals surface area contributed by atoms with Crippen LogP contribution < -0.4 is 14.5 Å². The Hall–Kier alpha value is -2.88. The van der Waals surface area contributed by atoms with Crippen molar-refractivity contribution >= 4 is 11.6 Å². The molecule has 2 aromatic heterocycles. The Balaban J connectivity index is 1.67. The molecule has 0 unspecified atom stereocenters. The van der Waals surface area contributed by atoms with Gasteiger partial charge in [0.25, 0.3) is 0 Å². The van der Waals surface area contributed by atoms with Crippen molar-refractivity contribution in [3.05, 3.63) is 36.2 Å². The molecular formula is C16H18N6O. The van der Waals surface area contributed by atoms with E-state index in [0.29, 0.717) is 5.69 Å². The Labute approximate surface area is 135 Å². The average Bonchev–Trinajstić information content (AvgIpc) is 3.04. The molecule has 0 saturated carbocycles. The summed E-state index contributed by atoms with van der Waals surface area (Å²) in [6.07, 6.45) is 2.74. The normalized spacial score (nSPS) is 16.9. The Bertz CT molecular complexity index is 709. The molecular weight excluding hydrogens is 292 g/mol. The predicted molar refractivity (Wildman–Crippen MR) is 86.6 cm³/mol. The molecule has 3 heterocycles. The van der Waals surface area contributed by atoms with Gasteiger partial charge in [-0.2, -0.15) is 5.26 Å². The summed E-state index contributed by atoms with van der Waals surface area (Å²) in [6, 6.07) is 9.29. The third kappa shape index (κ3) is 3.31. The van der Waals surface area contributed by atoms with Gasteiger partial charge in [-0.1, -0.05) is 0 Å². The van der Waals surface area contributed by atoms with Gasteiger partial charge in [-0.3, -0.25) is 0 Å². The summed E-state index contributed by atoms with van der Waals surface area (Å²) >= 11 is 0. The molecule has 0 radical (unpaired) electrons.